The summed E-state index contributed by atoms with van der Waals surface area (Å²) < 4.78 is 13.6. The second-order valence-corrected chi connectivity index (χ2v) is 3.90. The minimum atomic E-state index is -0.281. The van der Waals surface area contributed by atoms with Gasteiger partial charge in [-0.2, -0.15) is 0 Å². The molecule has 2 aromatic rings. The van der Waals surface area contributed by atoms with Gasteiger partial charge in [0, 0.05) is 17.5 Å². The first-order valence-corrected chi connectivity index (χ1v) is 4.93. The lowest BCUT2D eigenvalue weighted by atomic mass is 10.2. The maximum atomic E-state index is 13.2. The van der Waals surface area contributed by atoms with Crippen molar-refractivity contribution in [3.63, 3.8) is 0 Å². The Kier molecular flexibility index (Phi) is 2.37. The lowest BCUT2D eigenvalue weighted by Crippen LogP contribution is -1.83. The van der Waals surface area contributed by atoms with Gasteiger partial charge in [0.15, 0.2) is 0 Å². The molecule has 1 aromatic carbocycles. The number of aryl methyl sites for hydroxylation is 1. The minimum Gasteiger partial charge on any atom is -0.342 e. The van der Waals surface area contributed by atoms with Gasteiger partial charge < -0.3 is 4.98 Å². The van der Waals surface area contributed by atoms with Gasteiger partial charge in [-0.15, -0.1) is 0 Å². The minimum absolute atomic E-state index is 0.281. The largest absolute Gasteiger partial charge is 0.342 e. The summed E-state index contributed by atoms with van der Waals surface area (Å²) in [5.74, 6) is 0.408. The molecule has 72 valence electrons. The molecule has 1 aromatic heterocycles. The van der Waals surface area contributed by atoms with E-state index in [9.17, 15) is 4.39 Å². The zero-order valence-corrected chi connectivity index (χ0v) is 9.10. The van der Waals surface area contributed by atoms with Gasteiger partial charge in [0.25, 0.3) is 0 Å². The Morgan fingerprint density at radius 2 is 2.21 bits per heavy atom. The van der Waals surface area contributed by atoms with E-state index in [1.807, 2.05) is 13.0 Å². The number of aromatic nitrogens is 2. The van der Waals surface area contributed by atoms with Gasteiger partial charge >= 0.3 is 0 Å². The Labute approximate surface area is 89.3 Å². The molecule has 1 heterocycles. The van der Waals surface area contributed by atoms with Crippen LogP contribution in [0.1, 0.15) is 5.69 Å². The van der Waals surface area contributed by atoms with Gasteiger partial charge in [0.1, 0.15) is 11.6 Å². The van der Waals surface area contributed by atoms with Gasteiger partial charge in [-0.25, -0.2) is 9.37 Å². The van der Waals surface area contributed by atoms with Crippen LogP contribution in [-0.4, -0.2) is 9.97 Å². The summed E-state index contributed by atoms with van der Waals surface area (Å²) in [6.07, 6.45) is 1.72. The number of H-pyrrole nitrogens is 1. The Balaban J connectivity index is 2.47. The topological polar surface area (TPSA) is 28.7 Å². The van der Waals surface area contributed by atoms with Crippen LogP contribution in [-0.2, 0) is 0 Å². The van der Waals surface area contributed by atoms with Crippen LogP contribution in [0.3, 0.4) is 0 Å². The van der Waals surface area contributed by atoms with Crippen molar-refractivity contribution in [3.05, 3.63) is 40.4 Å². The summed E-state index contributed by atoms with van der Waals surface area (Å²) in [5.41, 5.74) is 1.71. The maximum absolute atomic E-state index is 13.2. The first-order chi connectivity index (χ1) is 6.66. The fraction of sp³-hybridized carbons (Fsp3) is 0.100. The number of benzene rings is 1. The van der Waals surface area contributed by atoms with Gasteiger partial charge in [0.2, 0.25) is 0 Å². The molecule has 0 aliphatic heterocycles. The standard InChI is InChI=1S/C10H8BrFN2/c1-6-5-13-10(14-6)7-2-3-8(11)9(12)4-7/h2-5H,1H3,(H,13,14). The van der Waals surface area contributed by atoms with Gasteiger partial charge in [0.05, 0.1) is 4.47 Å². The molecule has 0 amide bonds. The molecule has 0 spiro atoms. The summed E-state index contributed by atoms with van der Waals surface area (Å²) in [6.45, 7) is 1.91. The molecule has 1 N–H and O–H groups in total. The van der Waals surface area contributed by atoms with Crippen molar-refractivity contribution in [2.75, 3.05) is 0 Å². The zero-order valence-electron chi connectivity index (χ0n) is 7.51. The SMILES string of the molecule is Cc1cnc(-c2ccc(Br)c(F)c2)[nH]1. The second-order valence-electron chi connectivity index (χ2n) is 3.04. The van der Waals surface area contributed by atoms with E-state index < -0.39 is 0 Å². The maximum Gasteiger partial charge on any atom is 0.138 e. The summed E-state index contributed by atoms with van der Waals surface area (Å²) in [5, 5.41) is 0. The Morgan fingerprint density at radius 3 is 2.79 bits per heavy atom. The van der Waals surface area contributed by atoms with Crippen molar-refractivity contribution in [3.8, 4) is 11.4 Å². The molecule has 0 bridgehead atoms. The molecule has 4 heteroatoms. The zero-order chi connectivity index (χ0) is 10.1. The summed E-state index contributed by atoms with van der Waals surface area (Å²) in [6, 6.07) is 4.93. The van der Waals surface area contributed by atoms with Gasteiger partial charge in [-0.1, -0.05) is 0 Å². The molecule has 0 unspecified atom stereocenters. The van der Waals surface area contributed by atoms with E-state index in [2.05, 4.69) is 25.9 Å². The highest BCUT2D eigenvalue weighted by atomic mass is 79.9. The number of rotatable bonds is 1. The lowest BCUT2D eigenvalue weighted by molar-refractivity contribution is 0.621. The normalized spacial score (nSPS) is 10.5. The Morgan fingerprint density at radius 1 is 1.43 bits per heavy atom. The third-order valence-corrected chi connectivity index (χ3v) is 2.54. The van der Waals surface area contributed by atoms with Crippen molar-refractivity contribution >= 4 is 15.9 Å². The average molecular weight is 255 g/mol. The number of nitrogens with one attached hydrogen (secondary N) is 1. The first-order valence-electron chi connectivity index (χ1n) is 4.14. The number of imidazole rings is 1. The first kappa shape index (κ1) is 9.40. The van der Waals surface area contributed by atoms with Crippen LogP contribution < -0.4 is 0 Å². The number of hydrogen-bond donors (Lipinski definition) is 1. The van der Waals surface area contributed by atoms with Crippen molar-refractivity contribution in [1.82, 2.24) is 9.97 Å². The molecule has 0 atom stereocenters. The summed E-state index contributed by atoms with van der Waals surface area (Å²) in [7, 11) is 0. The van der Waals surface area contributed by atoms with E-state index in [1.54, 1.807) is 12.3 Å². The second kappa shape index (κ2) is 3.53. The summed E-state index contributed by atoms with van der Waals surface area (Å²) >= 11 is 3.10. The van der Waals surface area contributed by atoms with E-state index in [1.165, 1.54) is 6.07 Å². The fourth-order valence-corrected chi connectivity index (χ4v) is 1.45. The summed E-state index contributed by atoms with van der Waals surface area (Å²) in [4.78, 5) is 7.17. The molecule has 0 fully saturated rings. The van der Waals surface area contributed by atoms with Crippen molar-refractivity contribution in [2.24, 2.45) is 0 Å². The smallest absolute Gasteiger partial charge is 0.138 e. The molecular weight excluding hydrogens is 247 g/mol. The highest BCUT2D eigenvalue weighted by molar-refractivity contribution is 9.10. The van der Waals surface area contributed by atoms with Gasteiger partial charge in [-0.3, -0.25) is 0 Å². The molecule has 0 aliphatic rings. The molecule has 0 aliphatic carbocycles. The fourth-order valence-electron chi connectivity index (χ4n) is 1.20. The Hall–Kier alpha value is -1.16. The van der Waals surface area contributed by atoms with Crippen LogP contribution in [0.25, 0.3) is 11.4 Å². The van der Waals surface area contributed by atoms with Crippen LogP contribution >= 0.6 is 15.9 Å². The third-order valence-electron chi connectivity index (χ3n) is 1.90. The molecule has 14 heavy (non-hydrogen) atoms. The van der Waals surface area contributed by atoms with Crippen molar-refractivity contribution in [2.45, 2.75) is 6.92 Å². The quantitative estimate of drug-likeness (QED) is 0.832. The monoisotopic (exact) mass is 254 g/mol. The molecule has 2 rings (SSSR count). The lowest BCUT2D eigenvalue weighted by Gasteiger charge is -1.98. The highest BCUT2D eigenvalue weighted by Gasteiger charge is 2.04. The number of nitrogens with zero attached hydrogens (tertiary/aromatic N) is 1. The predicted molar refractivity (Wildman–Crippen MR) is 56.4 cm³/mol. The average Bonchev–Trinajstić information content (AvgIpc) is 2.57. The van der Waals surface area contributed by atoms with E-state index in [0.717, 1.165) is 11.3 Å². The van der Waals surface area contributed by atoms with E-state index in [4.69, 9.17) is 0 Å². The number of hydrogen-bond acceptors (Lipinski definition) is 1. The molecule has 0 radical (unpaired) electrons. The molecule has 2 nitrogen and oxygen atoms in total. The third kappa shape index (κ3) is 1.70. The van der Waals surface area contributed by atoms with E-state index >= 15 is 0 Å². The van der Waals surface area contributed by atoms with E-state index in [-0.39, 0.29) is 5.82 Å². The highest BCUT2D eigenvalue weighted by Crippen LogP contribution is 2.22. The van der Waals surface area contributed by atoms with Crippen LogP contribution in [0.2, 0.25) is 0 Å². The van der Waals surface area contributed by atoms with Crippen LogP contribution in [0.4, 0.5) is 4.39 Å². The van der Waals surface area contributed by atoms with Crippen LogP contribution in [0.5, 0.6) is 0 Å². The van der Waals surface area contributed by atoms with Gasteiger partial charge in [-0.05, 0) is 41.1 Å². The van der Waals surface area contributed by atoms with Crippen molar-refractivity contribution < 1.29 is 4.39 Å². The number of aromatic amines is 1. The number of halogens is 2. The predicted octanol–water partition coefficient (Wildman–Crippen LogP) is 3.29. The van der Waals surface area contributed by atoms with Crippen molar-refractivity contribution in [1.29, 1.82) is 0 Å². The molecule has 0 saturated carbocycles. The molecular formula is C10H8BrFN2. The Bertz CT molecular complexity index is 465. The van der Waals surface area contributed by atoms with E-state index in [0.29, 0.717) is 10.3 Å². The molecule has 0 saturated heterocycles. The van der Waals surface area contributed by atoms with Crippen LogP contribution in [0, 0.1) is 12.7 Å². The van der Waals surface area contributed by atoms with Crippen LogP contribution in [0.15, 0.2) is 28.9 Å².